The van der Waals surface area contributed by atoms with Crippen molar-refractivity contribution in [3.8, 4) is 0 Å². The van der Waals surface area contributed by atoms with Crippen LogP contribution in [-0.4, -0.2) is 37.6 Å². The number of allylic oxidation sites excluding steroid dienone is 7. The standard InChI is InChI=1S/C15H22N2/c1-14(13-17-10-8-16-9-11-17)12-15-6-4-2-3-5-7-15/h2-6,12,16H,7-11,13H2,1H3/b14-12+. The average Bonchev–Trinajstić information content (AvgIpc) is 2.59. The lowest BCUT2D eigenvalue weighted by Crippen LogP contribution is -2.43. The van der Waals surface area contributed by atoms with E-state index in [0.717, 1.165) is 26.1 Å². The van der Waals surface area contributed by atoms with Gasteiger partial charge in [-0.2, -0.15) is 0 Å². The molecule has 0 radical (unpaired) electrons. The highest BCUT2D eigenvalue weighted by molar-refractivity contribution is 5.32. The maximum atomic E-state index is 3.39. The highest BCUT2D eigenvalue weighted by Crippen LogP contribution is 2.12. The molecular formula is C15H22N2. The fraction of sp³-hybridized carbons (Fsp3) is 0.467. The molecule has 0 aromatic heterocycles. The molecule has 1 fully saturated rings. The van der Waals surface area contributed by atoms with E-state index in [1.807, 2.05) is 0 Å². The van der Waals surface area contributed by atoms with Crippen molar-refractivity contribution in [2.75, 3.05) is 32.7 Å². The topological polar surface area (TPSA) is 15.3 Å². The summed E-state index contributed by atoms with van der Waals surface area (Å²) in [6.07, 6.45) is 14.1. The van der Waals surface area contributed by atoms with Crippen LogP contribution in [0.3, 0.4) is 0 Å². The van der Waals surface area contributed by atoms with Crippen LogP contribution in [0.2, 0.25) is 0 Å². The Morgan fingerprint density at radius 2 is 2.12 bits per heavy atom. The van der Waals surface area contributed by atoms with Gasteiger partial charge in [0.25, 0.3) is 0 Å². The SMILES string of the molecule is C/C(=C\C1=CC=CC=CC1)CN1CCNCC1. The van der Waals surface area contributed by atoms with Gasteiger partial charge in [-0.25, -0.2) is 0 Å². The lowest BCUT2D eigenvalue weighted by Gasteiger charge is -2.27. The van der Waals surface area contributed by atoms with Crippen molar-refractivity contribution in [1.82, 2.24) is 10.2 Å². The smallest absolute Gasteiger partial charge is 0.0194 e. The molecule has 0 unspecified atom stereocenters. The van der Waals surface area contributed by atoms with Crippen molar-refractivity contribution in [2.45, 2.75) is 13.3 Å². The van der Waals surface area contributed by atoms with E-state index < -0.39 is 0 Å². The van der Waals surface area contributed by atoms with Gasteiger partial charge >= 0.3 is 0 Å². The fourth-order valence-corrected chi connectivity index (χ4v) is 2.29. The minimum absolute atomic E-state index is 1.05. The molecule has 1 N–H and O–H groups in total. The van der Waals surface area contributed by atoms with Crippen molar-refractivity contribution in [3.63, 3.8) is 0 Å². The first kappa shape index (κ1) is 12.3. The predicted molar refractivity (Wildman–Crippen MR) is 74.0 cm³/mol. The first-order chi connectivity index (χ1) is 8.34. The quantitative estimate of drug-likeness (QED) is 0.800. The van der Waals surface area contributed by atoms with Gasteiger partial charge in [-0.05, 0) is 18.9 Å². The molecule has 0 saturated carbocycles. The van der Waals surface area contributed by atoms with Crippen LogP contribution in [-0.2, 0) is 0 Å². The summed E-state index contributed by atoms with van der Waals surface area (Å²) >= 11 is 0. The van der Waals surface area contributed by atoms with Crippen LogP contribution >= 0.6 is 0 Å². The van der Waals surface area contributed by atoms with Gasteiger partial charge in [0.05, 0.1) is 0 Å². The molecule has 2 heteroatoms. The Morgan fingerprint density at radius 1 is 1.29 bits per heavy atom. The van der Waals surface area contributed by atoms with Crippen LogP contribution in [0, 0.1) is 0 Å². The third-order valence-corrected chi connectivity index (χ3v) is 3.14. The minimum Gasteiger partial charge on any atom is -0.314 e. The van der Waals surface area contributed by atoms with Gasteiger partial charge in [-0.3, -0.25) is 4.90 Å². The lowest BCUT2D eigenvalue weighted by atomic mass is 10.1. The number of nitrogens with one attached hydrogen (secondary N) is 1. The summed E-state index contributed by atoms with van der Waals surface area (Å²) in [6.45, 7) is 7.94. The maximum absolute atomic E-state index is 3.39. The van der Waals surface area contributed by atoms with E-state index in [1.165, 1.54) is 24.2 Å². The molecule has 17 heavy (non-hydrogen) atoms. The van der Waals surface area contributed by atoms with Crippen LogP contribution in [0.25, 0.3) is 0 Å². The van der Waals surface area contributed by atoms with Crippen molar-refractivity contribution in [1.29, 1.82) is 0 Å². The summed E-state index contributed by atoms with van der Waals surface area (Å²) in [5.74, 6) is 0. The molecule has 0 spiro atoms. The first-order valence-corrected chi connectivity index (χ1v) is 6.47. The molecule has 2 nitrogen and oxygen atoms in total. The number of hydrogen-bond acceptors (Lipinski definition) is 2. The van der Waals surface area contributed by atoms with Gasteiger partial charge in [-0.1, -0.05) is 42.0 Å². The minimum atomic E-state index is 1.05. The zero-order chi connectivity index (χ0) is 11.9. The molecule has 92 valence electrons. The van der Waals surface area contributed by atoms with E-state index >= 15 is 0 Å². The molecule has 1 aliphatic heterocycles. The summed E-state index contributed by atoms with van der Waals surface area (Å²) in [5.41, 5.74) is 2.87. The summed E-state index contributed by atoms with van der Waals surface area (Å²) in [6, 6.07) is 0. The number of rotatable bonds is 3. The molecule has 0 atom stereocenters. The van der Waals surface area contributed by atoms with E-state index in [1.54, 1.807) is 0 Å². The van der Waals surface area contributed by atoms with E-state index in [4.69, 9.17) is 0 Å². The molecule has 0 aromatic rings. The van der Waals surface area contributed by atoms with Crippen molar-refractivity contribution >= 4 is 0 Å². The Labute approximate surface area is 104 Å². The Morgan fingerprint density at radius 3 is 2.94 bits per heavy atom. The van der Waals surface area contributed by atoms with E-state index in [0.29, 0.717) is 0 Å². The molecule has 0 amide bonds. The maximum Gasteiger partial charge on any atom is 0.0194 e. The Hall–Kier alpha value is -1.12. The van der Waals surface area contributed by atoms with E-state index in [2.05, 4.69) is 53.6 Å². The summed E-state index contributed by atoms with van der Waals surface area (Å²) in [7, 11) is 0. The number of nitrogens with zero attached hydrogens (tertiary/aromatic N) is 1. The molecule has 2 aliphatic rings. The van der Waals surface area contributed by atoms with Gasteiger partial charge in [0.1, 0.15) is 0 Å². The van der Waals surface area contributed by atoms with Crippen molar-refractivity contribution in [3.05, 3.63) is 47.6 Å². The molecule has 2 rings (SSSR count). The molecular weight excluding hydrogens is 208 g/mol. The number of hydrogen-bond donors (Lipinski definition) is 1. The second-order valence-electron chi connectivity index (χ2n) is 4.78. The second kappa shape index (κ2) is 6.58. The summed E-state index contributed by atoms with van der Waals surface area (Å²) in [4.78, 5) is 2.52. The van der Waals surface area contributed by atoms with Crippen LogP contribution in [0.5, 0.6) is 0 Å². The first-order valence-electron chi connectivity index (χ1n) is 6.47. The number of piperazine rings is 1. The van der Waals surface area contributed by atoms with Gasteiger partial charge in [0.2, 0.25) is 0 Å². The Kier molecular flexibility index (Phi) is 4.77. The summed E-state index contributed by atoms with van der Waals surface area (Å²) in [5, 5.41) is 3.39. The van der Waals surface area contributed by atoms with Gasteiger partial charge < -0.3 is 5.32 Å². The van der Waals surface area contributed by atoms with Crippen LogP contribution in [0.1, 0.15) is 13.3 Å². The van der Waals surface area contributed by atoms with Gasteiger partial charge in [0.15, 0.2) is 0 Å². The third-order valence-electron chi connectivity index (χ3n) is 3.14. The molecule has 1 aliphatic carbocycles. The highest BCUT2D eigenvalue weighted by atomic mass is 15.2. The zero-order valence-corrected chi connectivity index (χ0v) is 10.7. The Bertz CT molecular complexity index is 355. The summed E-state index contributed by atoms with van der Waals surface area (Å²) < 4.78 is 0. The fourth-order valence-electron chi connectivity index (χ4n) is 2.29. The van der Waals surface area contributed by atoms with Gasteiger partial charge in [-0.15, -0.1) is 0 Å². The molecule has 0 bridgehead atoms. The van der Waals surface area contributed by atoms with Crippen molar-refractivity contribution < 1.29 is 0 Å². The monoisotopic (exact) mass is 230 g/mol. The largest absolute Gasteiger partial charge is 0.314 e. The lowest BCUT2D eigenvalue weighted by molar-refractivity contribution is 0.259. The van der Waals surface area contributed by atoms with Crippen LogP contribution in [0.15, 0.2) is 47.6 Å². The Balaban J connectivity index is 1.89. The second-order valence-corrected chi connectivity index (χ2v) is 4.78. The van der Waals surface area contributed by atoms with Crippen LogP contribution < -0.4 is 5.32 Å². The highest BCUT2D eigenvalue weighted by Gasteiger charge is 2.09. The molecule has 1 heterocycles. The van der Waals surface area contributed by atoms with Crippen molar-refractivity contribution in [2.24, 2.45) is 0 Å². The van der Waals surface area contributed by atoms with E-state index in [9.17, 15) is 0 Å². The van der Waals surface area contributed by atoms with Gasteiger partial charge in [0, 0.05) is 32.7 Å². The van der Waals surface area contributed by atoms with E-state index in [-0.39, 0.29) is 0 Å². The van der Waals surface area contributed by atoms with Crippen LogP contribution in [0.4, 0.5) is 0 Å². The normalized spacial score (nSPS) is 22.4. The molecule has 0 aromatic carbocycles. The predicted octanol–water partition coefficient (Wildman–Crippen LogP) is 2.28. The molecule has 1 saturated heterocycles. The average molecular weight is 230 g/mol. The zero-order valence-electron chi connectivity index (χ0n) is 10.7. The third kappa shape index (κ3) is 4.33.